The normalized spacial score (nSPS) is 14.2. The Morgan fingerprint density at radius 3 is 2.90 bits per heavy atom. The van der Waals surface area contributed by atoms with E-state index >= 15 is 0 Å². The van der Waals surface area contributed by atoms with E-state index in [0.29, 0.717) is 18.3 Å². The predicted octanol–water partition coefficient (Wildman–Crippen LogP) is 1.81. The molecule has 1 aromatic heterocycles. The van der Waals surface area contributed by atoms with Crippen molar-refractivity contribution in [2.24, 2.45) is 7.05 Å². The monoisotopic (exact) mass is 270 g/mol. The molecule has 1 fully saturated rings. The number of hydrogen-bond donors (Lipinski definition) is 1. The number of hydrogen-bond acceptors (Lipinski definition) is 3. The summed E-state index contributed by atoms with van der Waals surface area (Å²) in [6, 6.07) is 8.05. The van der Waals surface area contributed by atoms with Crippen molar-refractivity contribution >= 4 is 11.6 Å². The molecule has 20 heavy (non-hydrogen) atoms. The first-order chi connectivity index (χ1) is 9.65. The van der Waals surface area contributed by atoms with Gasteiger partial charge in [-0.05, 0) is 30.5 Å². The first-order valence-electron chi connectivity index (χ1n) is 6.77. The molecule has 2 N–H and O–H groups in total. The van der Waals surface area contributed by atoms with Crippen LogP contribution in [0.1, 0.15) is 28.9 Å². The highest BCUT2D eigenvalue weighted by Crippen LogP contribution is 2.30. The second-order valence-electron chi connectivity index (χ2n) is 5.30. The number of aryl methyl sites for hydroxylation is 1. The lowest BCUT2D eigenvalue weighted by molar-refractivity contribution is 0.0720. The van der Waals surface area contributed by atoms with E-state index in [1.165, 1.54) is 0 Å². The van der Waals surface area contributed by atoms with Crippen LogP contribution in [-0.4, -0.2) is 26.4 Å². The third kappa shape index (κ3) is 2.52. The Labute approximate surface area is 118 Å². The number of nitrogens with zero attached hydrogens (tertiary/aromatic N) is 3. The van der Waals surface area contributed by atoms with Crippen molar-refractivity contribution in [3.8, 4) is 0 Å². The van der Waals surface area contributed by atoms with E-state index in [0.717, 1.165) is 24.1 Å². The molecule has 0 bridgehead atoms. The van der Waals surface area contributed by atoms with Gasteiger partial charge in [-0.1, -0.05) is 12.1 Å². The summed E-state index contributed by atoms with van der Waals surface area (Å²) in [6.45, 7) is 0.597. The van der Waals surface area contributed by atoms with Crippen molar-refractivity contribution in [2.45, 2.75) is 25.4 Å². The van der Waals surface area contributed by atoms with Crippen LogP contribution in [0, 0.1) is 0 Å². The molecule has 0 atom stereocenters. The summed E-state index contributed by atoms with van der Waals surface area (Å²) >= 11 is 0. The van der Waals surface area contributed by atoms with Crippen molar-refractivity contribution in [3.05, 3.63) is 48.0 Å². The van der Waals surface area contributed by atoms with E-state index in [1.807, 2.05) is 36.2 Å². The zero-order chi connectivity index (χ0) is 14.1. The first-order valence-corrected chi connectivity index (χ1v) is 6.77. The molecular weight excluding hydrogens is 252 g/mol. The predicted molar refractivity (Wildman–Crippen MR) is 77.0 cm³/mol. The quantitative estimate of drug-likeness (QED) is 0.862. The van der Waals surface area contributed by atoms with Gasteiger partial charge in [-0.3, -0.25) is 4.79 Å². The number of carbonyl (C=O) groups excluding carboxylic acids is 1. The minimum atomic E-state index is 0.0370. The topological polar surface area (TPSA) is 64.2 Å². The zero-order valence-electron chi connectivity index (χ0n) is 11.5. The molecule has 0 spiro atoms. The van der Waals surface area contributed by atoms with Crippen molar-refractivity contribution in [2.75, 3.05) is 5.73 Å². The van der Waals surface area contributed by atoms with Crippen molar-refractivity contribution in [1.82, 2.24) is 14.5 Å². The molecule has 0 radical (unpaired) electrons. The molecule has 5 nitrogen and oxygen atoms in total. The van der Waals surface area contributed by atoms with Crippen LogP contribution in [0.15, 0.2) is 36.8 Å². The largest absolute Gasteiger partial charge is 0.399 e. The molecule has 3 rings (SSSR count). The number of aromatic nitrogens is 2. The summed E-state index contributed by atoms with van der Waals surface area (Å²) in [5, 5.41) is 0. The van der Waals surface area contributed by atoms with Gasteiger partial charge in [-0.2, -0.15) is 0 Å². The lowest BCUT2D eigenvalue weighted by atomic mass is 10.2. The summed E-state index contributed by atoms with van der Waals surface area (Å²) < 4.78 is 1.76. The van der Waals surface area contributed by atoms with Gasteiger partial charge in [0.2, 0.25) is 0 Å². The van der Waals surface area contributed by atoms with Gasteiger partial charge in [0.15, 0.2) is 0 Å². The fourth-order valence-corrected chi connectivity index (χ4v) is 2.35. The minimum Gasteiger partial charge on any atom is -0.399 e. The number of amides is 1. The van der Waals surface area contributed by atoms with E-state index in [9.17, 15) is 4.79 Å². The molecule has 1 aromatic carbocycles. The maximum atomic E-state index is 12.6. The summed E-state index contributed by atoms with van der Waals surface area (Å²) in [7, 11) is 1.84. The van der Waals surface area contributed by atoms with E-state index in [4.69, 9.17) is 5.73 Å². The molecule has 1 aliphatic rings. The Kier molecular flexibility index (Phi) is 3.18. The Bertz CT molecular complexity index is 630. The molecule has 0 saturated heterocycles. The number of carbonyl (C=O) groups is 1. The van der Waals surface area contributed by atoms with Gasteiger partial charge >= 0.3 is 0 Å². The molecular formula is C15H18N4O. The highest BCUT2D eigenvalue weighted by Gasteiger charge is 2.34. The Balaban J connectivity index is 1.83. The third-order valence-electron chi connectivity index (χ3n) is 3.59. The molecule has 1 amide bonds. The first kappa shape index (κ1) is 12.7. The zero-order valence-corrected chi connectivity index (χ0v) is 11.5. The number of imidazole rings is 1. The van der Waals surface area contributed by atoms with Crippen molar-refractivity contribution in [1.29, 1.82) is 0 Å². The van der Waals surface area contributed by atoms with Crippen LogP contribution < -0.4 is 5.73 Å². The summed E-state index contributed by atoms with van der Waals surface area (Å²) in [6.07, 6.45) is 5.42. The molecule has 104 valence electrons. The summed E-state index contributed by atoms with van der Waals surface area (Å²) in [4.78, 5) is 18.6. The lowest BCUT2D eigenvalue weighted by Crippen LogP contribution is -2.33. The van der Waals surface area contributed by atoms with Crippen LogP contribution in [0.2, 0.25) is 0 Å². The average Bonchev–Trinajstić information content (AvgIpc) is 3.17. The molecule has 1 heterocycles. The highest BCUT2D eigenvalue weighted by atomic mass is 16.2. The van der Waals surface area contributed by atoms with Gasteiger partial charge in [0.1, 0.15) is 5.69 Å². The van der Waals surface area contributed by atoms with E-state index in [2.05, 4.69) is 4.98 Å². The van der Waals surface area contributed by atoms with Crippen molar-refractivity contribution < 1.29 is 4.79 Å². The lowest BCUT2D eigenvalue weighted by Gasteiger charge is -2.22. The summed E-state index contributed by atoms with van der Waals surface area (Å²) in [5.74, 6) is 0.0370. The second kappa shape index (κ2) is 5.00. The Morgan fingerprint density at radius 2 is 2.30 bits per heavy atom. The maximum absolute atomic E-state index is 12.6. The smallest absolute Gasteiger partial charge is 0.272 e. The average molecular weight is 270 g/mol. The molecule has 1 aliphatic carbocycles. The van der Waals surface area contributed by atoms with Gasteiger partial charge in [0.05, 0.1) is 12.5 Å². The standard InChI is InChI=1S/C15H18N4O/c1-18-10-17-8-14(18)15(20)19(13-5-6-13)9-11-3-2-4-12(16)7-11/h2-4,7-8,10,13H,5-6,9,16H2,1H3. The highest BCUT2D eigenvalue weighted by molar-refractivity contribution is 5.92. The second-order valence-corrected chi connectivity index (χ2v) is 5.30. The molecule has 0 unspecified atom stereocenters. The van der Waals surface area contributed by atoms with Crippen LogP contribution in [-0.2, 0) is 13.6 Å². The number of benzene rings is 1. The molecule has 2 aromatic rings. The van der Waals surface area contributed by atoms with Gasteiger partial charge in [-0.15, -0.1) is 0 Å². The number of nitrogen functional groups attached to an aromatic ring is 1. The van der Waals surface area contributed by atoms with Crippen LogP contribution in [0.4, 0.5) is 5.69 Å². The number of nitrogens with two attached hydrogens (primary N) is 1. The minimum absolute atomic E-state index is 0.0370. The van der Waals surface area contributed by atoms with Crippen LogP contribution >= 0.6 is 0 Å². The Morgan fingerprint density at radius 1 is 1.50 bits per heavy atom. The van der Waals surface area contributed by atoms with Crippen LogP contribution in [0.3, 0.4) is 0 Å². The molecule has 5 heteroatoms. The number of anilines is 1. The fourth-order valence-electron chi connectivity index (χ4n) is 2.35. The van der Waals surface area contributed by atoms with Crippen molar-refractivity contribution in [3.63, 3.8) is 0 Å². The van der Waals surface area contributed by atoms with E-state index < -0.39 is 0 Å². The fraction of sp³-hybridized carbons (Fsp3) is 0.333. The van der Waals surface area contributed by atoms with Crippen LogP contribution in [0.25, 0.3) is 0 Å². The van der Waals surface area contributed by atoms with Gasteiger partial charge < -0.3 is 15.2 Å². The molecule has 1 saturated carbocycles. The summed E-state index contributed by atoms with van der Waals surface area (Å²) in [5.41, 5.74) is 8.22. The maximum Gasteiger partial charge on any atom is 0.272 e. The third-order valence-corrected chi connectivity index (χ3v) is 3.59. The van der Waals surface area contributed by atoms with Crippen LogP contribution in [0.5, 0.6) is 0 Å². The van der Waals surface area contributed by atoms with E-state index in [-0.39, 0.29) is 5.91 Å². The SMILES string of the molecule is Cn1cncc1C(=O)N(Cc1cccc(N)c1)C1CC1. The van der Waals surface area contributed by atoms with Gasteiger partial charge in [0, 0.05) is 25.3 Å². The van der Waals surface area contributed by atoms with Gasteiger partial charge in [-0.25, -0.2) is 4.98 Å². The van der Waals surface area contributed by atoms with Gasteiger partial charge in [0.25, 0.3) is 5.91 Å². The molecule has 0 aliphatic heterocycles. The van der Waals surface area contributed by atoms with E-state index in [1.54, 1.807) is 17.1 Å². The Hall–Kier alpha value is -2.30. The number of rotatable bonds is 4.